The molecule has 4 heteroatoms. The molecule has 0 aromatic rings. The molecule has 0 aliphatic rings. The lowest BCUT2D eigenvalue weighted by Crippen LogP contribution is -2.25. The van der Waals surface area contributed by atoms with E-state index < -0.39 is 14.8 Å². The van der Waals surface area contributed by atoms with Gasteiger partial charge in [-0.25, -0.2) is 0 Å². The summed E-state index contributed by atoms with van der Waals surface area (Å²) in [4.78, 5) is 0. The van der Waals surface area contributed by atoms with E-state index in [1.54, 1.807) is 0 Å². The Bertz CT molecular complexity index is 118. The minimum absolute atomic E-state index is 0.917. The van der Waals surface area contributed by atoms with E-state index in [1.165, 1.54) is 6.04 Å². The summed E-state index contributed by atoms with van der Waals surface area (Å²) in [5, 5.41) is 0. The predicted octanol–water partition coefficient (Wildman–Crippen LogP) is 4.26. The van der Waals surface area contributed by atoms with Gasteiger partial charge in [-0.3, -0.25) is 0 Å². The molecule has 0 aromatic heterocycles. The van der Waals surface area contributed by atoms with Crippen LogP contribution in [0.5, 0.6) is 0 Å². The molecule has 0 N–H and O–H groups in total. The highest BCUT2D eigenvalue weighted by molar-refractivity contribution is 7.45. The van der Waals surface area contributed by atoms with Crippen molar-refractivity contribution in [3.8, 4) is 0 Å². The number of rotatable bonds is 4. The molecule has 0 atom stereocenters. The molecule has 0 saturated heterocycles. The molecule has 0 spiro atoms. The highest BCUT2D eigenvalue weighted by atomic mass is 35.7. The third-order valence-electron chi connectivity index (χ3n) is 1.76. The van der Waals surface area contributed by atoms with Gasteiger partial charge in [-0.2, -0.15) is 0 Å². The lowest BCUT2D eigenvalue weighted by molar-refractivity contribution is 1.27. The zero-order valence-corrected chi connectivity index (χ0v) is 11.4. The molecular weight excluding hydrogens is 211 g/mol. The summed E-state index contributed by atoms with van der Waals surface area (Å²) < 4.78 is 0. The summed E-state index contributed by atoms with van der Waals surface area (Å²) >= 11 is 12.3. The second-order valence-corrected chi connectivity index (χ2v) is 17.7. The van der Waals surface area contributed by atoms with E-state index in [4.69, 9.17) is 22.2 Å². The minimum Gasteiger partial charge on any atom is -0.146 e. The topological polar surface area (TPSA) is 0 Å². The lowest BCUT2D eigenvalue weighted by Gasteiger charge is -2.20. The van der Waals surface area contributed by atoms with Gasteiger partial charge in [0.2, 0.25) is 0 Å². The van der Waals surface area contributed by atoms with Gasteiger partial charge in [0.25, 0.3) is 6.69 Å². The SMILES string of the molecule is CC[Si](Cl)(Cl)CC[Si](C)(C)C. The summed E-state index contributed by atoms with van der Waals surface area (Å²) in [6, 6.07) is 3.35. The molecule has 0 saturated carbocycles. The van der Waals surface area contributed by atoms with Gasteiger partial charge in [-0.05, 0) is 12.1 Å². The van der Waals surface area contributed by atoms with Gasteiger partial charge in [0.1, 0.15) is 0 Å². The van der Waals surface area contributed by atoms with Gasteiger partial charge in [-0.15, -0.1) is 22.2 Å². The van der Waals surface area contributed by atoms with E-state index in [0.717, 1.165) is 12.1 Å². The predicted molar refractivity (Wildman–Crippen MR) is 60.9 cm³/mol. The Balaban J connectivity index is 3.70. The number of hydrogen-bond donors (Lipinski definition) is 0. The van der Waals surface area contributed by atoms with E-state index in [0.29, 0.717) is 0 Å². The largest absolute Gasteiger partial charge is 0.250 e. The molecule has 0 bridgehead atoms. The monoisotopic (exact) mass is 228 g/mol. The third kappa shape index (κ3) is 7.38. The van der Waals surface area contributed by atoms with Crippen LogP contribution in [-0.4, -0.2) is 14.8 Å². The molecule has 0 heterocycles. The van der Waals surface area contributed by atoms with Crippen molar-refractivity contribution in [1.82, 2.24) is 0 Å². The molecule has 0 radical (unpaired) electrons. The van der Waals surface area contributed by atoms with E-state index in [9.17, 15) is 0 Å². The van der Waals surface area contributed by atoms with Crippen LogP contribution >= 0.6 is 22.2 Å². The fourth-order valence-corrected chi connectivity index (χ4v) is 7.25. The van der Waals surface area contributed by atoms with Crippen molar-refractivity contribution in [2.45, 2.75) is 44.7 Å². The first-order valence-electron chi connectivity index (χ1n) is 4.15. The van der Waals surface area contributed by atoms with Crippen LogP contribution in [0.3, 0.4) is 0 Å². The average molecular weight is 229 g/mol. The maximum absolute atomic E-state index is 6.15. The minimum atomic E-state index is -1.81. The molecule has 0 unspecified atom stereocenters. The third-order valence-corrected chi connectivity index (χ3v) is 8.76. The Labute approximate surface area is 81.7 Å². The van der Waals surface area contributed by atoms with Gasteiger partial charge in [0.05, 0.1) is 0 Å². The van der Waals surface area contributed by atoms with Crippen LogP contribution in [0.1, 0.15) is 6.92 Å². The van der Waals surface area contributed by atoms with Gasteiger partial charge in [-0.1, -0.05) is 32.6 Å². The Morgan fingerprint density at radius 1 is 1.00 bits per heavy atom. The van der Waals surface area contributed by atoms with Gasteiger partial charge >= 0.3 is 0 Å². The molecule has 0 aliphatic carbocycles. The van der Waals surface area contributed by atoms with E-state index in [1.807, 2.05) is 0 Å². The smallest absolute Gasteiger partial charge is 0.146 e. The molecule has 0 amide bonds. The summed E-state index contributed by atoms with van der Waals surface area (Å²) in [7, 11) is -0.917. The zero-order valence-electron chi connectivity index (χ0n) is 7.88. The quantitative estimate of drug-likeness (QED) is 0.499. The van der Waals surface area contributed by atoms with Crippen molar-refractivity contribution in [3.05, 3.63) is 0 Å². The summed E-state index contributed by atoms with van der Waals surface area (Å²) in [5.41, 5.74) is 0. The second kappa shape index (κ2) is 4.31. The van der Waals surface area contributed by atoms with Gasteiger partial charge in [0, 0.05) is 8.07 Å². The van der Waals surface area contributed by atoms with Crippen molar-refractivity contribution < 1.29 is 0 Å². The van der Waals surface area contributed by atoms with Gasteiger partial charge in [0.15, 0.2) is 0 Å². The van der Waals surface area contributed by atoms with Crippen LogP contribution in [0.25, 0.3) is 0 Å². The van der Waals surface area contributed by atoms with Crippen LogP contribution in [0.15, 0.2) is 0 Å². The van der Waals surface area contributed by atoms with Crippen LogP contribution < -0.4 is 0 Å². The fourth-order valence-electron chi connectivity index (χ4n) is 0.735. The molecule has 0 aliphatic heterocycles. The van der Waals surface area contributed by atoms with E-state index >= 15 is 0 Å². The molecule has 0 rings (SSSR count). The van der Waals surface area contributed by atoms with Crippen molar-refractivity contribution in [2.75, 3.05) is 0 Å². The molecule has 0 fully saturated rings. The summed E-state index contributed by atoms with van der Waals surface area (Å²) in [5.74, 6) is 0. The van der Waals surface area contributed by atoms with Gasteiger partial charge < -0.3 is 0 Å². The Morgan fingerprint density at radius 3 is 1.73 bits per heavy atom. The molecule has 68 valence electrons. The Morgan fingerprint density at radius 2 is 1.45 bits per heavy atom. The molecule has 0 nitrogen and oxygen atoms in total. The first kappa shape index (κ1) is 12.0. The fraction of sp³-hybridized carbons (Fsp3) is 1.00. The normalized spacial score (nSPS) is 13.6. The lowest BCUT2D eigenvalue weighted by atomic mass is 10.9. The molecule has 0 aromatic carbocycles. The summed E-state index contributed by atoms with van der Waals surface area (Å²) in [6.07, 6.45) is 0. The highest BCUT2D eigenvalue weighted by Crippen LogP contribution is 2.29. The van der Waals surface area contributed by atoms with Crippen molar-refractivity contribution in [1.29, 1.82) is 0 Å². The maximum atomic E-state index is 6.15. The first-order valence-corrected chi connectivity index (χ1v) is 12.3. The van der Waals surface area contributed by atoms with Crippen LogP contribution in [0.4, 0.5) is 0 Å². The average Bonchev–Trinajstić information content (AvgIpc) is 1.83. The second-order valence-electron chi connectivity index (χ2n) is 4.27. The Kier molecular flexibility index (Phi) is 4.70. The van der Waals surface area contributed by atoms with E-state index in [2.05, 4.69) is 26.6 Å². The zero-order chi connectivity index (χ0) is 9.12. The first-order chi connectivity index (χ1) is 4.77. The number of hydrogen-bond acceptors (Lipinski definition) is 0. The Hall–Kier alpha value is 1.01. The van der Waals surface area contributed by atoms with Crippen molar-refractivity contribution in [2.24, 2.45) is 0 Å². The van der Waals surface area contributed by atoms with Crippen LogP contribution in [-0.2, 0) is 0 Å². The molecule has 11 heavy (non-hydrogen) atoms. The summed E-state index contributed by atoms with van der Waals surface area (Å²) in [6.45, 7) is 7.37. The van der Waals surface area contributed by atoms with E-state index in [-0.39, 0.29) is 0 Å². The highest BCUT2D eigenvalue weighted by Gasteiger charge is 2.28. The van der Waals surface area contributed by atoms with Crippen molar-refractivity contribution >= 4 is 36.9 Å². The number of halogens is 2. The maximum Gasteiger partial charge on any atom is 0.250 e. The standard InChI is InChI=1S/C7H18Cl2Si2/c1-5-11(8,9)7-6-10(2,3)4/h5-7H2,1-4H3. The van der Waals surface area contributed by atoms with Crippen LogP contribution in [0.2, 0.25) is 37.8 Å². The van der Waals surface area contributed by atoms with Crippen LogP contribution in [0, 0.1) is 0 Å². The van der Waals surface area contributed by atoms with Crippen molar-refractivity contribution in [3.63, 3.8) is 0 Å². The molecular formula is C7H18Cl2Si2.